The largest absolute Gasteiger partial charge is 0.493 e. The van der Waals surface area contributed by atoms with E-state index < -0.39 is 0 Å². The van der Waals surface area contributed by atoms with Crippen LogP contribution in [0.1, 0.15) is 6.42 Å². The lowest BCUT2D eigenvalue weighted by atomic mass is 10.2. The minimum absolute atomic E-state index is 0.0212. The van der Waals surface area contributed by atoms with Crippen molar-refractivity contribution in [3.05, 3.63) is 18.2 Å². The van der Waals surface area contributed by atoms with E-state index in [4.69, 9.17) is 13.9 Å². The van der Waals surface area contributed by atoms with Gasteiger partial charge in [-0.2, -0.15) is 0 Å². The molecule has 0 saturated heterocycles. The second-order valence-electron chi connectivity index (χ2n) is 4.21. The number of aromatic nitrogens is 2. The molecule has 0 unspecified atom stereocenters. The molecule has 0 saturated carbocycles. The molecule has 0 spiro atoms. The first kappa shape index (κ1) is 16.2. The molecule has 0 bridgehead atoms. The number of ether oxygens (including phenoxy) is 2. The number of nitrogens with one attached hydrogen (secondary N) is 1. The van der Waals surface area contributed by atoms with E-state index in [1.165, 1.54) is 11.8 Å². The van der Waals surface area contributed by atoms with Gasteiger partial charge in [0.15, 0.2) is 11.5 Å². The Hall–Kier alpha value is -2.22. The first-order valence-electron chi connectivity index (χ1n) is 6.57. The molecule has 1 amide bonds. The molecule has 1 N–H and O–H groups in total. The molecular weight excluding hydrogens is 306 g/mol. The zero-order valence-electron chi connectivity index (χ0n) is 12.6. The summed E-state index contributed by atoms with van der Waals surface area (Å²) in [5, 5.41) is 10.9. The fourth-order valence-electron chi connectivity index (χ4n) is 1.71. The molecule has 2 aromatic rings. The Morgan fingerprint density at radius 1 is 1.27 bits per heavy atom. The normalized spacial score (nSPS) is 10.3. The maximum atomic E-state index is 11.1. The smallest absolute Gasteiger partial charge is 0.276 e. The molecule has 0 aliphatic heterocycles. The van der Waals surface area contributed by atoms with Crippen LogP contribution in [0.5, 0.6) is 11.5 Å². The van der Waals surface area contributed by atoms with Crippen molar-refractivity contribution in [1.29, 1.82) is 0 Å². The van der Waals surface area contributed by atoms with Crippen molar-refractivity contribution in [2.24, 2.45) is 0 Å². The highest BCUT2D eigenvalue weighted by molar-refractivity contribution is 7.99. The van der Waals surface area contributed by atoms with Gasteiger partial charge in [-0.25, -0.2) is 0 Å². The molecule has 0 aliphatic carbocycles. The van der Waals surface area contributed by atoms with Crippen LogP contribution in [-0.4, -0.2) is 43.1 Å². The van der Waals surface area contributed by atoms with Crippen LogP contribution in [0.15, 0.2) is 27.8 Å². The monoisotopic (exact) mass is 323 g/mol. The van der Waals surface area contributed by atoms with E-state index in [9.17, 15) is 4.79 Å². The predicted octanol–water partition coefficient (Wildman–Crippen LogP) is 1.98. The Balaban J connectivity index is 2.06. The van der Waals surface area contributed by atoms with Crippen molar-refractivity contribution in [3.63, 3.8) is 0 Å². The number of methoxy groups -OCH3 is 2. The third-order valence-corrected chi connectivity index (χ3v) is 3.69. The first-order valence-corrected chi connectivity index (χ1v) is 7.55. The van der Waals surface area contributed by atoms with E-state index in [0.717, 1.165) is 5.56 Å². The van der Waals surface area contributed by atoms with Gasteiger partial charge in [0.1, 0.15) is 0 Å². The fourth-order valence-corrected chi connectivity index (χ4v) is 2.41. The van der Waals surface area contributed by atoms with Gasteiger partial charge in [-0.1, -0.05) is 11.8 Å². The lowest BCUT2D eigenvalue weighted by Crippen LogP contribution is -2.17. The van der Waals surface area contributed by atoms with Crippen molar-refractivity contribution in [2.75, 3.05) is 27.0 Å². The van der Waals surface area contributed by atoms with Crippen LogP contribution in [0.25, 0.3) is 11.5 Å². The maximum Gasteiger partial charge on any atom is 0.276 e. The van der Waals surface area contributed by atoms with E-state index in [-0.39, 0.29) is 5.91 Å². The predicted molar refractivity (Wildman–Crippen MR) is 82.2 cm³/mol. The summed E-state index contributed by atoms with van der Waals surface area (Å²) < 4.78 is 16.0. The van der Waals surface area contributed by atoms with Crippen molar-refractivity contribution in [3.8, 4) is 23.0 Å². The van der Waals surface area contributed by atoms with Gasteiger partial charge in [0.05, 0.1) is 14.2 Å². The topological polar surface area (TPSA) is 86.5 Å². The molecular formula is C14H17N3O4S. The average molecular weight is 323 g/mol. The number of rotatable bonds is 7. The summed E-state index contributed by atoms with van der Waals surface area (Å²) in [5.74, 6) is 2.17. The van der Waals surface area contributed by atoms with E-state index in [1.807, 2.05) is 6.07 Å². The third kappa shape index (κ3) is 3.91. The third-order valence-electron chi connectivity index (χ3n) is 2.87. The molecule has 0 radical (unpaired) electrons. The standard InChI is InChI=1S/C14H17N3O4S/c1-15-12(18)6-7-22-14-17-16-13(21-14)9-4-5-10(19-2)11(8-9)20-3/h4-5,8H,6-7H2,1-3H3,(H,15,18). The number of hydrogen-bond donors (Lipinski definition) is 1. The van der Waals surface area contributed by atoms with Crippen LogP contribution in [0, 0.1) is 0 Å². The highest BCUT2D eigenvalue weighted by Crippen LogP contribution is 2.32. The van der Waals surface area contributed by atoms with Crippen molar-refractivity contribution in [1.82, 2.24) is 15.5 Å². The van der Waals surface area contributed by atoms with Gasteiger partial charge in [0.25, 0.3) is 5.22 Å². The fraction of sp³-hybridized carbons (Fsp3) is 0.357. The van der Waals surface area contributed by atoms with Crippen molar-refractivity contribution < 1.29 is 18.7 Å². The Morgan fingerprint density at radius 2 is 2.05 bits per heavy atom. The van der Waals surface area contributed by atoms with Gasteiger partial charge in [0, 0.05) is 24.8 Å². The quantitative estimate of drug-likeness (QED) is 0.780. The molecule has 1 aromatic heterocycles. The summed E-state index contributed by atoms with van der Waals surface area (Å²) in [6.45, 7) is 0. The maximum absolute atomic E-state index is 11.1. The van der Waals surface area contributed by atoms with Gasteiger partial charge >= 0.3 is 0 Å². The van der Waals surface area contributed by atoms with Gasteiger partial charge in [-0.15, -0.1) is 10.2 Å². The molecule has 1 aromatic carbocycles. The van der Waals surface area contributed by atoms with E-state index in [0.29, 0.717) is 34.8 Å². The Morgan fingerprint density at radius 3 is 2.73 bits per heavy atom. The molecule has 7 nitrogen and oxygen atoms in total. The number of benzene rings is 1. The molecule has 0 atom stereocenters. The highest BCUT2D eigenvalue weighted by Gasteiger charge is 2.12. The molecule has 8 heteroatoms. The average Bonchev–Trinajstić information content (AvgIpc) is 3.02. The Bertz CT molecular complexity index is 645. The number of nitrogens with zero attached hydrogens (tertiary/aromatic N) is 2. The second kappa shape index (κ2) is 7.69. The first-order chi connectivity index (χ1) is 10.7. The van der Waals surface area contributed by atoms with Crippen LogP contribution in [-0.2, 0) is 4.79 Å². The molecule has 0 fully saturated rings. The number of hydrogen-bond acceptors (Lipinski definition) is 7. The summed E-state index contributed by atoms with van der Waals surface area (Å²) >= 11 is 1.34. The zero-order chi connectivity index (χ0) is 15.9. The van der Waals surface area contributed by atoms with Crippen LogP contribution >= 0.6 is 11.8 Å². The molecule has 1 heterocycles. The minimum atomic E-state index is -0.0212. The van der Waals surface area contributed by atoms with E-state index in [2.05, 4.69) is 15.5 Å². The summed E-state index contributed by atoms with van der Waals surface area (Å²) in [6, 6.07) is 5.36. The van der Waals surface area contributed by atoms with Gasteiger partial charge in [-0.3, -0.25) is 4.79 Å². The van der Waals surface area contributed by atoms with E-state index >= 15 is 0 Å². The summed E-state index contributed by atoms with van der Waals surface area (Å²) in [6.07, 6.45) is 0.398. The van der Waals surface area contributed by atoms with Gasteiger partial charge in [0.2, 0.25) is 11.8 Å². The van der Waals surface area contributed by atoms with Crippen molar-refractivity contribution >= 4 is 17.7 Å². The molecule has 118 valence electrons. The lowest BCUT2D eigenvalue weighted by molar-refractivity contribution is -0.120. The molecule has 0 aliphatic rings. The summed E-state index contributed by atoms with van der Waals surface area (Å²) in [5.41, 5.74) is 0.739. The SMILES string of the molecule is CNC(=O)CCSc1nnc(-c2ccc(OC)c(OC)c2)o1. The number of carbonyl (C=O) groups is 1. The van der Waals surface area contributed by atoms with Crippen molar-refractivity contribution in [2.45, 2.75) is 11.6 Å². The zero-order valence-corrected chi connectivity index (χ0v) is 13.4. The van der Waals surface area contributed by atoms with Crippen LogP contribution in [0.3, 0.4) is 0 Å². The van der Waals surface area contributed by atoms with E-state index in [1.54, 1.807) is 33.4 Å². The number of carbonyl (C=O) groups excluding carboxylic acids is 1. The number of amides is 1. The second-order valence-corrected chi connectivity index (χ2v) is 5.26. The minimum Gasteiger partial charge on any atom is -0.493 e. The van der Waals surface area contributed by atoms with Gasteiger partial charge < -0.3 is 19.2 Å². The lowest BCUT2D eigenvalue weighted by Gasteiger charge is -2.07. The summed E-state index contributed by atoms with van der Waals surface area (Å²) in [7, 11) is 4.75. The Kier molecular flexibility index (Phi) is 5.65. The molecule has 22 heavy (non-hydrogen) atoms. The number of thioether (sulfide) groups is 1. The van der Waals surface area contributed by atoms with Crippen LogP contribution in [0.4, 0.5) is 0 Å². The highest BCUT2D eigenvalue weighted by atomic mass is 32.2. The van der Waals surface area contributed by atoms with Crippen LogP contribution in [0.2, 0.25) is 0 Å². The van der Waals surface area contributed by atoms with Crippen LogP contribution < -0.4 is 14.8 Å². The summed E-state index contributed by atoms with van der Waals surface area (Å²) in [4.78, 5) is 11.1. The van der Waals surface area contributed by atoms with Gasteiger partial charge in [-0.05, 0) is 18.2 Å². The molecule has 2 rings (SSSR count). The Labute approximate surface area is 132 Å².